The number of nitrogens with zero attached hydrogens (tertiary/aromatic N) is 1. The number of methoxy groups -OCH3 is 1. The number of ether oxygens (including phenoxy) is 1. The average molecular weight is 375 g/mol. The first-order valence-electron chi connectivity index (χ1n) is 7.85. The normalized spacial score (nSPS) is 10.2. The smallest absolute Gasteiger partial charge is 0.337 e. The molecule has 0 bridgehead atoms. The van der Waals surface area contributed by atoms with Crippen molar-refractivity contribution in [1.82, 2.24) is 0 Å². The Hall–Kier alpha value is -2.86. The maximum atomic E-state index is 12.4. The number of nitrogens with one attached hydrogen (secondary N) is 1. The maximum absolute atomic E-state index is 12.4. The number of benzene rings is 2. The van der Waals surface area contributed by atoms with Gasteiger partial charge < -0.3 is 15.0 Å². The summed E-state index contributed by atoms with van der Waals surface area (Å²) in [5.41, 5.74) is 2.04. The lowest BCUT2D eigenvalue weighted by Crippen LogP contribution is -2.36. The van der Waals surface area contributed by atoms with E-state index in [2.05, 4.69) is 10.1 Å². The molecule has 0 fully saturated rings. The summed E-state index contributed by atoms with van der Waals surface area (Å²) >= 11 is 6.05. The summed E-state index contributed by atoms with van der Waals surface area (Å²) in [5.74, 6) is -1.23. The van der Waals surface area contributed by atoms with Crippen molar-refractivity contribution in [3.05, 3.63) is 58.6 Å². The number of hydrogen-bond acceptors (Lipinski definition) is 4. The zero-order valence-electron chi connectivity index (χ0n) is 14.7. The van der Waals surface area contributed by atoms with Crippen molar-refractivity contribution in [3.63, 3.8) is 0 Å². The summed E-state index contributed by atoms with van der Waals surface area (Å²) in [6.45, 7) is 2.94. The number of hydrogen-bond donors (Lipinski definition) is 1. The van der Waals surface area contributed by atoms with Crippen LogP contribution in [0.25, 0.3) is 0 Å². The van der Waals surface area contributed by atoms with E-state index >= 15 is 0 Å². The lowest BCUT2D eigenvalue weighted by Gasteiger charge is -2.21. The van der Waals surface area contributed by atoms with Gasteiger partial charge in [-0.05, 0) is 42.8 Å². The van der Waals surface area contributed by atoms with Crippen molar-refractivity contribution in [2.75, 3.05) is 23.9 Å². The molecule has 0 aromatic heterocycles. The summed E-state index contributed by atoms with van der Waals surface area (Å²) in [6.07, 6.45) is 0. The van der Waals surface area contributed by atoms with Gasteiger partial charge in [-0.1, -0.05) is 23.7 Å². The van der Waals surface area contributed by atoms with E-state index in [1.54, 1.807) is 43.3 Å². The van der Waals surface area contributed by atoms with Crippen molar-refractivity contribution in [2.24, 2.45) is 0 Å². The highest BCUT2D eigenvalue weighted by atomic mass is 35.5. The van der Waals surface area contributed by atoms with Crippen LogP contribution in [0.15, 0.2) is 42.5 Å². The molecule has 0 saturated carbocycles. The average Bonchev–Trinajstić information content (AvgIpc) is 2.62. The summed E-state index contributed by atoms with van der Waals surface area (Å²) < 4.78 is 4.68. The number of carbonyl (C=O) groups is 3. The van der Waals surface area contributed by atoms with Gasteiger partial charge in [0.05, 0.1) is 12.7 Å². The molecule has 0 heterocycles. The van der Waals surface area contributed by atoms with Crippen LogP contribution in [0, 0.1) is 6.92 Å². The van der Waals surface area contributed by atoms with Crippen LogP contribution in [0.4, 0.5) is 11.4 Å². The van der Waals surface area contributed by atoms with Crippen LogP contribution in [0.2, 0.25) is 5.02 Å². The highest BCUT2D eigenvalue weighted by molar-refractivity contribution is 6.31. The SMILES string of the molecule is COC(=O)c1cccc(N(CC(=O)Nc2cccc(Cl)c2C)C(C)=O)c1. The monoisotopic (exact) mass is 374 g/mol. The lowest BCUT2D eigenvalue weighted by molar-refractivity contribution is -0.120. The van der Waals surface area contributed by atoms with Gasteiger partial charge in [0.15, 0.2) is 0 Å². The highest BCUT2D eigenvalue weighted by Crippen LogP contribution is 2.23. The standard InChI is InChI=1S/C19H19ClN2O4/c1-12-16(20)8-5-9-17(12)21-18(24)11-22(13(2)23)15-7-4-6-14(10-15)19(25)26-3/h4-10H,11H2,1-3H3,(H,21,24). The molecule has 2 amide bonds. The summed E-state index contributed by atoms with van der Waals surface area (Å²) in [7, 11) is 1.28. The predicted molar refractivity (Wildman–Crippen MR) is 101 cm³/mol. The molecular formula is C19H19ClN2O4. The van der Waals surface area contributed by atoms with Crippen LogP contribution in [0.5, 0.6) is 0 Å². The molecule has 1 N–H and O–H groups in total. The molecule has 0 radical (unpaired) electrons. The fourth-order valence-electron chi connectivity index (χ4n) is 2.38. The maximum Gasteiger partial charge on any atom is 0.337 e. The lowest BCUT2D eigenvalue weighted by atomic mass is 10.2. The van der Waals surface area contributed by atoms with Crippen LogP contribution in [-0.4, -0.2) is 31.4 Å². The molecule has 0 spiro atoms. The van der Waals surface area contributed by atoms with Crippen molar-refractivity contribution in [2.45, 2.75) is 13.8 Å². The predicted octanol–water partition coefficient (Wildman–Crippen LogP) is 3.43. The Kier molecular flexibility index (Phi) is 6.36. The Morgan fingerprint density at radius 2 is 1.85 bits per heavy atom. The molecular weight excluding hydrogens is 356 g/mol. The van der Waals surface area contributed by atoms with Crippen LogP contribution >= 0.6 is 11.6 Å². The van der Waals surface area contributed by atoms with E-state index in [1.807, 2.05) is 0 Å². The van der Waals surface area contributed by atoms with E-state index in [-0.39, 0.29) is 18.4 Å². The van der Waals surface area contributed by atoms with Gasteiger partial charge in [-0.25, -0.2) is 4.79 Å². The molecule has 0 aliphatic carbocycles. The van der Waals surface area contributed by atoms with Crippen molar-refractivity contribution in [3.8, 4) is 0 Å². The molecule has 2 rings (SSSR count). The molecule has 136 valence electrons. The summed E-state index contributed by atoms with van der Waals surface area (Å²) in [4.78, 5) is 37.4. The molecule has 0 saturated heterocycles. The van der Waals surface area contributed by atoms with E-state index < -0.39 is 5.97 Å². The Morgan fingerprint density at radius 3 is 2.50 bits per heavy atom. The van der Waals surface area contributed by atoms with E-state index in [4.69, 9.17) is 11.6 Å². The zero-order valence-corrected chi connectivity index (χ0v) is 15.5. The Bertz CT molecular complexity index is 851. The summed E-state index contributed by atoms with van der Waals surface area (Å²) in [5, 5.41) is 3.28. The van der Waals surface area contributed by atoms with Crippen LogP contribution < -0.4 is 10.2 Å². The molecule has 0 aliphatic rings. The minimum atomic E-state index is -0.519. The summed E-state index contributed by atoms with van der Waals surface area (Å²) in [6, 6.07) is 11.5. The number of carbonyl (C=O) groups excluding carboxylic acids is 3. The second-order valence-corrected chi connectivity index (χ2v) is 6.01. The van der Waals surface area contributed by atoms with E-state index in [1.165, 1.54) is 25.0 Å². The molecule has 2 aromatic carbocycles. The minimum absolute atomic E-state index is 0.202. The molecule has 26 heavy (non-hydrogen) atoms. The first-order chi connectivity index (χ1) is 12.3. The third kappa shape index (κ3) is 4.61. The number of rotatable bonds is 5. The zero-order chi connectivity index (χ0) is 19.3. The molecule has 0 aliphatic heterocycles. The van der Waals surface area contributed by atoms with E-state index in [9.17, 15) is 14.4 Å². The molecule has 6 nitrogen and oxygen atoms in total. The fourth-order valence-corrected chi connectivity index (χ4v) is 2.55. The van der Waals surface area contributed by atoms with E-state index in [0.717, 1.165) is 5.56 Å². The van der Waals surface area contributed by atoms with Crippen molar-refractivity contribution < 1.29 is 19.1 Å². The Labute approximate surface area is 156 Å². The van der Waals surface area contributed by atoms with Crippen LogP contribution in [0.1, 0.15) is 22.8 Å². The van der Waals surface area contributed by atoms with Gasteiger partial charge in [0.1, 0.15) is 6.54 Å². The molecule has 7 heteroatoms. The van der Waals surface area contributed by atoms with Crippen LogP contribution in [-0.2, 0) is 14.3 Å². The first kappa shape index (κ1) is 19.5. The van der Waals surface area contributed by atoms with Gasteiger partial charge in [0, 0.05) is 23.3 Å². The quantitative estimate of drug-likeness (QED) is 0.813. The van der Waals surface area contributed by atoms with E-state index in [0.29, 0.717) is 22.0 Å². The Morgan fingerprint density at radius 1 is 1.15 bits per heavy atom. The van der Waals surface area contributed by atoms with Gasteiger partial charge in [-0.3, -0.25) is 9.59 Å². The highest BCUT2D eigenvalue weighted by Gasteiger charge is 2.18. The second-order valence-electron chi connectivity index (χ2n) is 5.61. The third-order valence-corrected chi connectivity index (χ3v) is 4.21. The molecule has 0 atom stereocenters. The second kappa shape index (κ2) is 8.49. The van der Waals surface area contributed by atoms with Crippen molar-refractivity contribution >= 4 is 40.8 Å². The van der Waals surface area contributed by atoms with Crippen molar-refractivity contribution in [1.29, 1.82) is 0 Å². The van der Waals surface area contributed by atoms with Gasteiger partial charge in [-0.15, -0.1) is 0 Å². The number of esters is 1. The largest absolute Gasteiger partial charge is 0.465 e. The van der Waals surface area contributed by atoms with Crippen LogP contribution in [0.3, 0.4) is 0 Å². The number of amides is 2. The van der Waals surface area contributed by atoms with Gasteiger partial charge in [0.25, 0.3) is 0 Å². The minimum Gasteiger partial charge on any atom is -0.465 e. The van der Waals surface area contributed by atoms with Gasteiger partial charge >= 0.3 is 5.97 Å². The first-order valence-corrected chi connectivity index (χ1v) is 8.22. The molecule has 0 unspecified atom stereocenters. The Balaban J connectivity index is 2.20. The fraction of sp³-hybridized carbons (Fsp3) is 0.211. The molecule has 2 aromatic rings. The topological polar surface area (TPSA) is 75.7 Å². The number of anilines is 2. The number of halogens is 1. The van der Waals surface area contributed by atoms with Gasteiger partial charge in [0.2, 0.25) is 11.8 Å². The van der Waals surface area contributed by atoms with Gasteiger partial charge in [-0.2, -0.15) is 0 Å². The third-order valence-electron chi connectivity index (χ3n) is 3.80.